The Bertz CT molecular complexity index is 1030. The fourth-order valence-corrected chi connectivity index (χ4v) is 3.40. The van der Waals surface area contributed by atoms with E-state index >= 15 is 0 Å². The van der Waals surface area contributed by atoms with E-state index in [4.69, 9.17) is 25.8 Å². The van der Waals surface area contributed by atoms with Crippen LogP contribution in [0.1, 0.15) is 32.3 Å². The zero-order chi connectivity index (χ0) is 23.3. The third kappa shape index (κ3) is 4.80. The second-order valence-electron chi connectivity index (χ2n) is 7.10. The second-order valence-corrected chi connectivity index (χ2v) is 7.54. The van der Waals surface area contributed by atoms with Gasteiger partial charge in [-0.05, 0) is 43.2 Å². The molecule has 2 aromatic rings. The van der Waals surface area contributed by atoms with Gasteiger partial charge in [-0.2, -0.15) is 0 Å². The number of amides is 4. The molecule has 170 valence electrons. The lowest BCUT2D eigenvalue weighted by Crippen LogP contribution is -2.33. The zero-order valence-corrected chi connectivity index (χ0v) is 19.0. The first-order valence-corrected chi connectivity index (χ1v) is 10.7. The maximum atomic E-state index is 13.1. The predicted molar refractivity (Wildman–Crippen MR) is 119 cm³/mol. The first-order chi connectivity index (χ1) is 15.4. The van der Waals surface area contributed by atoms with Crippen LogP contribution in [0.4, 0.5) is 10.5 Å². The van der Waals surface area contributed by atoms with E-state index in [1.165, 1.54) is 13.2 Å². The molecule has 9 heteroatoms. The first kappa shape index (κ1) is 23.4. The molecule has 0 spiro atoms. The van der Waals surface area contributed by atoms with Crippen LogP contribution in [-0.2, 0) is 16.1 Å². The normalized spacial score (nSPS) is 13.7. The van der Waals surface area contributed by atoms with Crippen molar-refractivity contribution in [3.05, 3.63) is 47.0 Å². The highest BCUT2D eigenvalue weighted by Gasteiger charge is 2.45. The fraction of sp³-hybridized carbons (Fsp3) is 0.348. The molecule has 1 fully saturated rings. The van der Waals surface area contributed by atoms with Crippen LogP contribution in [0.3, 0.4) is 0 Å². The van der Waals surface area contributed by atoms with Crippen molar-refractivity contribution in [3.8, 4) is 17.2 Å². The Morgan fingerprint density at radius 2 is 1.50 bits per heavy atom. The molecule has 1 saturated heterocycles. The number of hydrogen-bond donors (Lipinski definition) is 0. The van der Waals surface area contributed by atoms with Gasteiger partial charge >= 0.3 is 17.8 Å². The lowest BCUT2D eigenvalue weighted by atomic mass is 10.2. The van der Waals surface area contributed by atoms with Gasteiger partial charge in [-0.15, -0.1) is 0 Å². The van der Waals surface area contributed by atoms with Crippen LogP contribution in [0, 0.1) is 0 Å². The molecule has 1 aliphatic heterocycles. The van der Waals surface area contributed by atoms with Crippen LogP contribution >= 0.6 is 11.6 Å². The van der Waals surface area contributed by atoms with Gasteiger partial charge in [-0.25, -0.2) is 9.69 Å². The largest absolute Gasteiger partial charge is 0.496 e. The van der Waals surface area contributed by atoms with Crippen molar-refractivity contribution in [3.63, 3.8) is 0 Å². The van der Waals surface area contributed by atoms with Crippen LogP contribution in [0.2, 0.25) is 5.02 Å². The number of urea groups is 1. The molecule has 32 heavy (non-hydrogen) atoms. The van der Waals surface area contributed by atoms with Gasteiger partial charge in [0.05, 0.1) is 32.6 Å². The minimum atomic E-state index is -0.945. The van der Waals surface area contributed by atoms with Crippen LogP contribution in [0.5, 0.6) is 17.2 Å². The van der Waals surface area contributed by atoms with Gasteiger partial charge in [0.25, 0.3) is 0 Å². The molecule has 0 bridgehead atoms. The average Bonchev–Trinajstić information content (AvgIpc) is 3.00. The summed E-state index contributed by atoms with van der Waals surface area (Å²) in [5, 5.41) is 0.420. The number of anilines is 1. The van der Waals surface area contributed by atoms with Crippen LogP contribution in [0.15, 0.2) is 36.4 Å². The molecule has 0 saturated carbocycles. The van der Waals surface area contributed by atoms with E-state index in [2.05, 4.69) is 0 Å². The predicted octanol–water partition coefficient (Wildman–Crippen LogP) is 4.42. The van der Waals surface area contributed by atoms with E-state index in [1.807, 2.05) is 13.8 Å². The van der Waals surface area contributed by atoms with Crippen molar-refractivity contribution in [2.45, 2.75) is 33.2 Å². The second kappa shape index (κ2) is 10.4. The Morgan fingerprint density at radius 1 is 0.844 bits per heavy atom. The Balaban J connectivity index is 1.90. The molecular formula is C23H25ClN2O6. The van der Waals surface area contributed by atoms with Gasteiger partial charge < -0.3 is 14.2 Å². The molecule has 0 atom stereocenters. The number of ether oxygens (including phenoxy) is 3. The van der Waals surface area contributed by atoms with E-state index in [0.29, 0.717) is 41.0 Å². The smallest absolute Gasteiger partial charge is 0.339 e. The van der Waals surface area contributed by atoms with Crippen molar-refractivity contribution < 1.29 is 28.6 Å². The fourth-order valence-electron chi connectivity index (χ4n) is 3.21. The molecule has 2 aromatic carbocycles. The monoisotopic (exact) mass is 460 g/mol. The summed E-state index contributed by atoms with van der Waals surface area (Å²) < 4.78 is 16.7. The lowest BCUT2D eigenvalue weighted by Gasteiger charge is -2.19. The summed E-state index contributed by atoms with van der Waals surface area (Å²) >= 11 is 6.05. The molecule has 0 N–H and O–H groups in total. The van der Waals surface area contributed by atoms with Gasteiger partial charge in [0.2, 0.25) is 0 Å². The summed E-state index contributed by atoms with van der Waals surface area (Å²) in [6, 6.07) is 8.81. The molecule has 0 radical (unpaired) electrons. The third-order valence-corrected chi connectivity index (χ3v) is 4.97. The number of hydrogen-bond acceptors (Lipinski definition) is 6. The standard InChI is InChI=1S/C23H25ClN2O6/c1-4-10-31-19-9-7-17(13-20(19)32-11-5-2)26-22(28)21(27)25(23(26)29)14-15-12-16(24)6-8-18(15)30-3/h6-9,12-13H,4-5,10-11,14H2,1-3H3. The average molecular weight is 461 g/mol. The van der Waals surface area contributed by atoms with Crippen LogP contribution < -0.4 is 19.1 Å². The number of carbonyl (C=O) groups excluding carboxylic acids is 3. The number of imide groups is 2. The summed E-state index contributed by atoms with van der Waals surface area (Å²) in [6.45, 7) is 4.73. The van der Waals surface area contributed by atoms with Gasteiger partial charge in [-0.1, -0.05) is 25.4 Å². The van der Waals surface area contributed by atoms with E-state index in [9.17, 15) is 14.4 Å². The Labute approximate surface area is 191 Å². The van der Waals surface area contributed by atoms with Crippen LogP contribution in [0.25, 0.3) is 0 Å². The van der Waals surface area contributed by atoms with Crippen molar-refractivity contribution >= 4 is 35.1 Å². The Kier molecular flexibility index (Phi) is 7.58. The van der Waals surface area contributed by atoms with Gasteiger partial charge in [0, 0.05) is 16.7 Å². The van der Waals surface area contributed by atoms with E-state index in [0.717, 1.165) is 22.6 Å². The van der Waals surface area contributed by atoms with Crippen molar-refractivity contribution in [1.29, 1.82) is 0 Å². The number of benzene rings is 2. The molecular weight excluding hydrogens is 436 g/mol. The molecule has 1 aliphatic rings. The molecule has 0 unspecified atom stereocenters. The number of methoxy groups -OCH3 is 1. The number of rotatable bonds is 10. The topological polar surface area (TPSA) is 85.4 Å². The van der Waals surface area contributed by atoms with E-state index in [1.54, 1.807) is 30.3 Å². The Hall–Kier alpha value is -3.26. The first-order valence-electron chi connectivity index (χ1n) is 10.3. The van der Waals surface area contributed by atoms with Crippen molar-refractivity contribution in [2.24, 2.45) is 0 Å². The van der Waals surface area contributed by atoms with E-state index < -0.39 is 17.8 Å². The highest BCUT2D eigenvalue weighted by atomic mass is 35.5. The Morgan fingerprint density at radius 3 is 2.16 bits per heavy atom. The zero-order valence-electron chi connectivity index (χ0n) is 18.2. The van der Waals surface area contributed by atoms with Crippen molar-refractivity contribution in [1.82, 2.24) is 4.90 Å². The van der Waals surface area contributed by atoms with Gasteiger partial charge in [-0.3, -0.25) is 14.5 Å². The SMILES string of the molecule is CCCOc1ccc(N2C(=O)C(=O)N(Cc3cc(Cl)ccc3OC)C2=O)cc1OCCC. The highest BCUT2D eigenvalue weighted by molar-refractivity contribution is 6.52. The summed E-state index contributed by atoms with van der Waals surface area (Å²) in [7, 11) is 1.47. The van der Waals surface area contributed by atoms with E-state index in [-0.39, 0.29) is 12.2 Å². The third-order valence-electron chi connectivity index (χ3n) is 4.73. The minimum absolute atomic E-state index is 0.152. The van der Waals surface area contributed by atoms with Crippen molar-refractivity contribution in [2.75, 3.05) is 25.2 Å². The number of nitrogens with zero attached hydrogens (tertiary/aromatic N) is 2. The molecule has 0 aliphatic carbocycles. The molecule has 1 heterocycles. The maximum Gasteiger partial charge on any atom is 0.339 e. The molecule has 0 aromatic heterocycles. The molecule has 4 amide bonds. The lowest BCUT2D eigenvalue weighted by molar-refractivity contribution is -0.139. The van der Waals surface area contributed by atoms with Crippen LogP contribution in [-0.4, -0.2) is 43.1 Å². The summed E-state index contributed by atoms with van der Waals surface area (Å²) in [4.78, 5) is 40.1. The number of halogens is 1. The summed E-state index contributed by atoms with van der Waals surface area (Å²) in [6.07, 6.45) is 1.58. The maximum absolute atomic E-state index is 13.1. The molecule has 8 nitrogen and oxygen atoms in total. The van der Waals surface area contributed by atoms with Gasteiger partial charge in [0.1, 0.15) is 5.75 Å². The summed E-state index contributed by atoms with van der Waals surface area (Å²) in [5.74, 6) is -0.511. The summed E-state index contributed by atoms with van der Waals surface area (Å²) in [5.41, 5.74) is 0.732. The minimum Gasteiger partial charge on any atom is -0.496 e. The molecule has 3 rings (SSSR count). The number of carbonyl (C=O) groups is 3. The quantitative estimate of drug-likeness (QED) is 0.385. The van der Waals surface area contributed by atoms with Gasteiger partial charge in [0.15, 0.2) is 11.5 Å². The highest BCUT2D eigenvalue weighted by Crippen LogP contribution is 2.35.